The fourth-order valence-corrected chi connectivity index (χ4v) is 1.71. The van der Waals surface area contributed by atoms with E-state index in [0.717, 1.165) is 18.2 Å². The maximum atomic E-state index is 12.7. The average molecular weight is 255 g/mol. The average Bonchev–Trinajstić information content (AvgIpc) is 2.58. The maximum Gasteiger partial charge on any atom is 0.416 e. The lowest BCUT2D eigenvalue weighted by molar-refractivity contribution is -0.138. The van der Waals surface area contributed by atoms with E-state index >= 15 is 0 Å². The first kappa shape index (κ1) is 12.3. The van der Waals surface area contributed by atoms with Gasteiger partial charge in [0.1, 0.15) is 0 Å². The van der Waals surface area contributed by atoms with Crippen LogP contribution in [0.4, 0.5) is 18.9 Å². The molecule has 1 aliphatic rings. The van der Waals surface area contributed by atoms with Crippen LogP contribution < -0.4 is 4.90 Å². The van der Waals surface area contributed by atoms with Crippen molar-refractivity contribution in [2.75, 3.05) is 4.90 Å². The van der Waals surface area contributed by atoms with Crippen molar-refractivity contribution in [1.29, 1.82) is 0 Å². The first-order valence-electron chi connectivity index (χ1n) is 5.04. The summed E-state index contributed by atoms with van der Waals surface area (Å²) in [4.78, 5) is 23.4. The summed E-state index contributed by atoms with van der Waals surface area (Å²) in [5.74, 6) is -1.28. The molecule has 2 rings (SSSR count). The van der Waals surface area contributed by atoms with Crippen LogP contribution in [0.3, 0.4) is 0 Å². The van der Waals surface area contributed by atoms with Crippen LogP contribution in [-0.4, -0.2) is 11.8 Å². The van der Waals surface area contributed by atoms with Gasteiger partial charge in [-0.15, -0.1) is 0 Å². The molecule has 0 fully saturated rings. The summed E-state index contributed by atoms with van der Waals surface area (Å²) in [5.41, 5.74) is -0.890. The Labute approximate surface area is 101 Å². The van der Waals surface area contributed by atoms with E-state index in [-0.39, 0.29) is 11.3 Å². The molecule has 0 radical (unpaired) electrons. The Balaban J connectivity index is 2.48. The van der Waals surface area contributed by atoms with Gasteiger partial charge in [0.05, 0.1) is 11.3 Å². The molecule has 0 aliphatic carbocycles. The number of aryl methyl sites for hydroxylation is 1. The number of benzene rings is 1. The van der Waals surface area contributed by atoms with E-state index in [0.29, 0.717) is 4.90 Å². The molecule has 0 N–H and O–H groups in total. The van der Waals surface area contributed by atoms with Crippen LogP contribution >= 0.6 is 0 Å². The first-order valence-corrected chi connectivity index (χ1v) is 5.04. The molecule has 0 unspecified atom stereocenters. The van der Waals surface area contributed by atoms with Gasteiger partial charge in [-0.1, -0.05) is 6.07 Å². The summed E-state index contributed by atoms with van der Waals surface area (Å²) < 4.78 is 38.1. The molecular formula is C12H8F3NO2. The van der Waals surface area contributed by atoms with Gasteiger partial charge < -0.3 is 0 Å². The number of carbonyl (C=O) groups is 2. The fourth-order valence-electron chi connectivity index (χ4n) is 1.71. The van der Waals surface area contributed by atoms with Crippen LogP contribution in [0, 0.1) is 6.92 Å². The molecule has 1 aliphatic heterocycles. The van der Waals surface area contributed by atoms with Crippen molar-refractivity contribution in [2.45, 2.75) is 13.1 Å². The predicted molar refractivity (Wildman–Crippen MR) is 57.8 cm³/mol. The third-order valence-electron chi connectivity index (χ3n) is 2.59. The monoisotopic (exact) mass is 255 g/mol. The number of rotatable bonds is 1. The van der Waals surface area contributed by atoms with Crippen LogP contribution in [0.2, 0.25) is 0 Å². The number of halogens is 3. The van der Waals surface area contributed by atoms with Crippen LogP contribution in [0.1, 0.15) is 11.1 Å². The third kappa shape index (κ3) is 2.01. The molecule has 0 bridgehead atoms. The molecule has 0 atom stereocenters. The molecule has 18 heavy (non-hydrogen) atoms. The standard InChI is InChI=1S/C12H8F3NO2/c1-7-2-3-8(6-9(7)12(13,14)15)16-10(17)4-5-11(16)18/h2-6H,1H3. The lowest BCUT2D eigenvalue weighted by Crippen LogP contribution is -2.29. The van der Waals surface area contributed by atoms with Gasteiger partial charge in [0.25, 0.3) is 11.8 Å². The van der Waals surface area contributed by atoms with E-state index in [4.69, 9.17) is 0 Å². The highest BCUT2D eigenvalue weighted by atomic mass is 19.4. The summed E-state index contributed by atoms with van der Waals surface area (Å²) in [7, 11) is 0. The summed E-state index contributed by atoms with van der Waals surface area (Å²) >= 11 is 0. The minimum atomic E-state index is -4.51. The van der Waals surface area contributed by atoms with Gasteiger partial charge >= 0.3 is 6.18 Å². The Morgan fingerprint density at radius 2 is 1.61 bits per heavy atom. The molecule has 0 saturated carbocycles. The Hall–Kier alpha value is -2.11. The van der Waals surface area contributed by atoms with Crippen molar-refractivity contribution in [2.24, 2.45) is 0 Å². The molecule has 1 heterocycles. The summed E-state index contributed by atoms with van der Waals surface area (Å²) in [6.07, 6.45) is -2.47. The van der Waals surface area contributed by atoms with Gasteiger partial charge in [-0.2, -0.15) is 13.2 Å². The lowest BCUT2D eigenvalue weighted by atomic mass is 10.1. The quantitative estimate of drug-likeness (QED) is 0.723. The highest BCUT2D eigenvalue weighted by molar-refractivity contribution is 6.28. The number of nitrogens with zero attached hydrogens (tertiary/aromatic N) is 1. The molecule has 0 saturated heterocycles. The zero-order valence-electron chi connectivity index (χ0n) is 9.28. The highest BCUT2D eigenvalue weighted by Crippen LogP contribution is 2.34. The van der Waals surface area contributed by atoms with E-state index in [1.54, 1.807) is 0 Å². The zero-order valence-corrected chi connectivity index (χ0v) is 9.28. The second-order valence-electron chi connectivity index (χ2n) is 3.84. The van der Waals surface area contributed by atoms with Crippen molar-refractivity contribution >= 4 is 17.5 Å². The van der Waals surface area contributed by atoms with Gasteiger partial charge in [-0.25, -0.2) is 4.90 Å². The van der Waals surface area contributed by atoms with Crippen molar-refractivity contribution in [1.82, 2.24) is 0 Å². The maximum absolute atomic E-state index is 12.7. The molecule has 6 heteroatoms. The molecule has 1 aromatic carbocycles. The molecule has 3 nitrogen and oxygen atoms in total. The Kier molecular flexibility index (Phi) is 2.73. The molecule has 0 aromatic heterocycles. The highest BCUT2D eigenvalue weighted by Gasteiger charge is 2.34. The fraction of sp³-hybridized carbons (Fsp3) is 0.167. The second kappa shape index (κ2) is 3.97. The Morgan fingerprint density at radius 1 is 1.06 bits per heavy atom. The number of imide groups is 1. The van der Waals surface area contributed by atoms with E-state index < -0.39 is 23.6 Å². The van der Waals surface area contributed by atoms with Gasteiger partial charge in [0.15, 0.2) is 0 Å². The summed E-state index contributed by atoms with van der Waals surface area (Å²) in [6.45, 7) is 1.32. The number of hydrogen-bond acceptors (Lipinski definition) is 2. The van der Waals surface area contributed by atoms with Crippen LogP contribution in [0.5, 0.6) is 0 Å². The largest absolute Gasteiger partial charge is 0.416 e. The molecular weight excluding hydrogens is 247 g/mol. The van der Waals surface area contributed by atoms with E-state index in [9.17, 15) is 22.8 Å². The van der Waals surface area contributed by atoms with E-state index in [1.165, 1.54) is 19.1 Å². The van der Waals surface area contributed by atoms with Crippen LogP contribution in [-0.2, 0) is 15.8 Å². The number of hydrogen-bond donors (Lipinski definition) is 0. The van der Waals surface area contributed by atoms with E-state index in [1.807, 2.05) is 0 Å². The van der Waals surface area contributed by atoms with Gasteiger partial charge in [-0.3, -0.25) is 9.59 Å². The molecule has 94 valence electrons. The molecule has 1 aromatic rings. The Bertz CT molecular complexity index is 543. The summed E-state index contributed by atoms with van der Waals surface area (Å²) in [6, 6.07) is 3.35. The van der Waals surface area contributed by atoms with Crippen LogP contribution in [0.25, 0.3) is 0 Å². The smallest absolute Gasteiger partial charge is 0.269 e. The normalized spacial score (nSPS) is 15.7. The zero-order chi connectivity index (χ0) is 13.5. The topological polar surface area (TPSA) is 37.4 Å². The lowest BCUT2D eigenvalue weighted by Gasteiger charge is -2.17. The number of amides is 2. The predicted octanol–water partition coefficient (Wildman–Crippen LogP) is 2.44. The van der Waals surface area contributed by atoms with Crippen molar-refractivity contribution < 1.29 is 22.8 Å². The minimum absolute atomic E-state index is 0.0401. The first-order chi connectivity index (χ1) is 8.30. The van der Waals surface area contributed by atoms with E-state index in [2.05, 4.69) is 0 Å². The number of carbonyl (C=O) groups excluding carboxylic acids is 2. The third-order valence-corrected chi connectivity index (χ3v) is 2.59. The number of alkyl halides is 3. The van der Waals surface area contributed by atoms with Gasteiger partial charge in [0, 0.05) is 12.2 Å². The van der Waals surface area contributed by atoms with Crippen LogP contribution in [0.15, 0.2) is 30.4 Å². The van der Waals surface area contributed by atoms with Gasteiger partial charge in [0.2, 0.25) is 0 Å². The van der Waals surface area contributed by atoms with Crippen molar-refractivity contribution in [3.8, 4) is 0 Å². The minimum Gasteiger partial charge on any atom is -0.269 e. The molecule has 2 amide bonds. The van der Waals surface area contributed by atoms with Crippen molar-refractivity contribution in [3.63, 3.8) is 0 Å². The molecule has 0 spiro atoms. The van der Waals surface area contributed by atoms with Crippen molar-refractivity contribution in [3.05, 3.63) is 41.5 Å². The van der Waals surface area contributed by atoms with Gasteiger partial charge in [-0.05, 0) is 24.6 Å². The SMILES string of the molecule is Cc1ccc(N2C(=O)C=CC2=O)cc1C(F)(F)F. The Morgan fingerprint density at radius 3 is 2.11 bits per heavy atom. The second-order valence-corrected chi connectivity index (χ2v) is 3.84. The summed E-state index contributed by atoms with van der Waals surface area (Å²) in [5, 5.41) is 0. The number of anilines is 1.